The lowest BCUT2D eigenvalue weighted by molar-refractivity contribution is -0.127. The average Bonchev–Trinajstić information content (AvgIpc) is 2.96. The van der Waals surface area contributed by atoms with Crippen LogP contribution < -0.4 is 10.6 Å². The number of amides is 1. The van der Waals surface area contributed by atoms with Crippen molar-refractivity contribution in [3.8, 4) is 0 Å². The highest BCUT2D eigenvalue weighted by Gasteiger charge is 2.51. The molecule has 27 heavy (non-hydrogen) atoms. The Morgan fingerprint density at radius 2 is 1.89 bits per heavy atom. The minimum atomic E-state index is 0.0357. The molecule has 7 heteroatoms. The number of nitrogens with zero attached hydrogens (tertiary/aromatic N) is 1. The zero-order valence-corrected chi connectivity index (χ0v) is 17.4. The molecule has 1 aromatic heterocycles. The van der Waals surface area contributed by atoms with Gasteiger partial charge in [0.1, 0.15) is 5.52 Å². The van der Waals surface area contributed by atoms with Crippen molar-refractivity contribution < 1.29 is 4.79 Å². The monoisotopic (exact) mass is 419 g/mol. The molecule has 4 fully saturated rings. The number of thiocarbonyl (C=S) groups is 1. The standard InChI is InChI=1S/C20H22ClN3OS2/c21-14-2-1-3-15-17(14)23-19(27-15)24-18(26)22-16(25)10-20-7-11-4-12(8-20)6-13(5-11)9-20/h1-3,11-13H,4-10H2,(H2,22,23,24,25,26). The molecule has 6 rings (SSSR count). The summed E-state index contributed by atoms with van der Waals surface area (Å²) >= 11 is 13.0. The van der Waals surface area contributed by atoms with Gasteiger partial charge in [-0.3, -0.25) is 4.79 Å². The van der Waals surface area contributed by atoms with Crippen LogP contribution in [-0.2, 0) is 4.79 Å². The topological polar surface area (TPSA) is 54.0 Å². The van der Waals surface area contributed by atoms with Gasteiger partial charge in [-0.15, -0.1) is 0 Å². The lowest BCUT2D eigenvalue weighted by atomic mass is 9.49. The fourth-order valence-electron chi connectivity index (χ4n) is 6.11. The van der Waals surface area contributed by atoms with E-state index in [1.54, 1.807) is 0 Å². The van der Waals surface area contributed by atoms with E-state index in [-0.39, 0.29) is 11.3 Å². The van der Waals surface area contributed by atoms with E-state index in [2.05, 4.69) is 15.6 Å². The summed E-state index contributed by atoms with van der Waals surface area (Å²) in [5.74, 6) is 2.58. The van der Waals surface area contributed by atoms with E-state index in [1.165, 1.54) is 49.9 Å². The van der Waals surface area contributed by atoms with Gasteiger partial charge < -0.3 is 10.6 Å². The van der Waals surface area contributed by atoms with Crippen molar-refractivity contribution in [2.24, 2.45) is 23.2 Å². The first kappa shape index (κ1) is 17.8. The molecule has 1 amide bonds. The van der Waals surface area contributed by atoms with Gasteiger partial charge in [0.25, 0.3) is 0 Å². The largest absolute Gasteiger partial charge is 0.308 e. The molecule has 0 aliphatic heterocycles. The molecule has 2 aromatic rings. The highest BCUT2D eigenvalue weighted by atomic mass is 35.5. The Kier molecular flexibility index (Phi) is 4.41. The molecule has 4 saturated carbocycles. The van der Waals surface area contributed by atoms with Gasteiger partial charge in [-0.2, -0.15) is 0 Å². The van der Waals surface area contributed by atoms with Crippen molar-refractivity contribution in [3.05, 3.63) is 23.2 Å². The van der Waals surface area contributed by atoms with E-state index >= 15 is 0 Å². The summed E-state index contributed by atoms with van der Waals surface area (Å²) < 4.78 is 0.993. The highest BCUT2D eigenvalue weighted by molar-refractivity contribution is 7.80. The lowest BCUT2D eigenvalue weighted by Crippen LogP contribution is -2.48. The number of halogens is 1. The molecule has 4 aliphatic rings. The molecule has 0 unspecified atom stereocenters. The van der Waals surface area contributed by atoms with Crippen LogP contribution >= 0.6 is 35.2 Å². The minimum Gasteiger partial charge on any atom is -0.308 e. The van der Waals surface area contributed by atoms with E-state index in [9.17, 15) is 4.79 Å². The molecule has 142 valence electrons. The van der Waals surface area contributed by atoms with E-state index in [1.807, 2.05) is 18.2 Å². The Balaban J connectivity index is 1.22. The number of thiazole rings is 1. The Bertz CT molecular complexity index is 890. The second kappa shape index (κ2) is 6.68. The number of anilines is 1. The average molecular weight is 420 g/mol. The van der Waals surface area contributed by atoms with Crippen LogP contribution in [-0.4, -0.2) is 16.0 Å². The second-order valence-electron chi connectivity index (χ2n) is 8.70. The number of carbonyl (C=O) groups is 1. The Labute approximate surface area is 173 Å². The van der Waals surface area contributed by atoms with E-state index in [0.29, 0.717) is 21.7 Å². The normalized spacial score (nSPS) is 31.2. The Hall–Kier alpha value is -1.24. The van der Waals surface area contributed by atoms with Crippen LogP contribution in [0.5, 0.6) is 0 Å². The summed E-state index contributed by atoms with van der Waals surface area (Å²) in [6, 6.07) is 5.69. The first-order valence-electron chi connectivity index (χ1n) is 9.64. The molecule has 0 atom stereocenters. The van der Waals surface area contributed by atoms with Gasteiger partial charge in [0, 0.05) is 6.42 Å². The van der Waals surface area contributed by atoms with Crippen molar-refractivity contribution >= 4 is 61.5 Å². The third-order valence-electron chi connectivity index (χ3n) is 6.54. The summed E-state index contributed by atoms with van der Waals surface area (Å²) in [6.07, 6.45) is 8.45. The number of benzene rings is 1. The number of fused-ring (bicyclic) bond motifs is 1. The highest BCUT2D eigenvalue weighted by Crippen LogP contribution is 2.61. The predicted molar refractivity (Wildman–Crippen MR) is 114 cm³/mol. The zero-order valence-electron chi connectivity index (χ0n) is 15.0. The summed E-state index contributed by atoms with van der Waals surface area (Å²) in [5.41, 5.74) is 0.979. The molecule has 4 bridgehead atoms. The van der Waals surface area contributed by atoms with Crippen LogP contribution in [0.15, 0.2) is 18.2 Å². The Morgan fingerprint density at radius 1 is 1.22 bits per heavy atom. The summed E-state index contributed by atoms with van der Waals surface area (Å²) in [5, 5.41) is 7.51. The van der Waals surface area contributed by atoms with Gasteiger partial charge >= 0.3 is 0 Å². The van der Waals surface area contributed by atoms with E-state index in [4.69, 9.17) is 23.8 Å². The molecule has 1 heterocycles. The van der Waals surface area contributed by atoms with Crippen molar-refractivity contribution in [2.75, 3.05) is 5.32 Å². The van der Waals surface area contributed by atoms with Gasteiger partial charge in [0.2, 0.25) is 5.91 Å². The van der Waals surface area contributed by atoms with E-state index in [0.717, 1.165) is 28.0 Å². The number of para-hydroxylation sites is 1. The number of aromatic nitrogens is 1. The number of hydrogen-bond acceptors (Lipinski definition) is 4. The minimum absolute atomic E-state index is 0.0357. The van der Waals surface area contributed by atoms with E-state index < -0.39 is 0 Å². The third-order valence-corrected chi connectivity index (χ3v) is 7.99. The van der Waals surface area contributed by atoms with Gasteiger partial charge in [0.05, 0.1) is 9.72 Å². The predicted octanol–water partition coefficient (Wildman–Crippen LogP) is 5.37. The SMILES string of the molecule is O=C(CC12CC3CC(CC(C3)C1)C2)NC(=S)Nc1nc2c(Cl)cccc2s1. The van der Waals surface area contributed by atoms with Gasteiger partial charge in [-0.25, -0.2) is 4.98 Å². The first-order chi connectivity index (χ1) is 13.0. The summed E-state index contributed by atoms with van der Waals surface area (Å²) in [4.78, 5) is 17.2. The molecule has 4 aliphatic carbocycles. The van der Waals surface area contributed by atoms with Gasteiger partial charge in [-0.1, -0.05) is 29.0 Å². The van der Waals surface area contributed by atoms with Crippen molar-refractivity contribution in [2.45, 2.75) is 44.9 Å². The number of hydrogen-bond donors (Lipinski definition) is 2. The fraction of sp³-hybridized carbons (Fsp3) is 0.550. The van der Waals surface area contributed by atoms with Crippen LogP contribution in [0.1, 0.15) is 44.9 Å². The molecule has 0 spiro atoms. The first-order valence-corrected chi connectivity index (χ1v) is 11.2. The van der Waals surface area contributed by atoms with Crippen LogP contribution in [0.2, 0.25) is 5.02 Å². The molecule has 1 aromatic carbocycles. The third kappa shape index (κ3) is 3.47. The quantitative estimate of drug-likeness (QED) is 0.656. The number of nitrogens with one attached hydrogen (secondary N) is 2. The maximum atomic E-state index is 12.7. The maximum Gasteiger partial charge on any atom is 0.226 e. The maximum absolute atomic E-state index is 12.7. The van der Waals surface area contributed by atoms with Crippen LogP contribution in [0, 0.1) is 23.2 Å². The van der Waals surface area contributed by atoms with Crippen LogP contribution in [0.4, 0.5) is 5.13 Å². The molecule has 0 radical (unpaired) electrons. The number of carbonyl (C=O) groups excluding carboxylic acids is 1. The Morgan fingerprint density at radius 3 is 2.52 bits per heavy atom. The molecular weight excluding hydrogens is 398 g/mol. The molecule has 2 N–H and O–H groups in total. The molecule has 4 nitrogen and oxygen atoms in total. The fourth-order valence-corrected chi connectivity index (χ4v) is 7.56. The smallest absolute Gasteiger partial charge is 0.226 e. The second-order valence-corrected chi connectivity index (χ2v) is 10.5. The zero-order chi connectivity index (χ0) is 18.6. The van der Waals surface area contributed by atoms with Crippen molar-refractivity contribution in [1.29, 1.82) is 0 Å². The molecule has 0 saturated heterocycles. The van der Waals surface area contributed by atoms with Crippen LogP contribution in [0.3, 0.4) is 0 Å². The lowest BCUT2D eigenvalue weighted by Gasteiger charge is -2.56. The van der Waals surface area contributed by atoms with Gasteiger partial charge in [-0.05, 0) is 86.0 Å². The van der Waals surface area contributed by atoms with Crippen molar-refractivity contribution in [3.63, 3.8) is 0 Å². The summed E-state index contributed by atoms with van der Waals surface area (Å²) in [7, 11) is 0. The number of rotatable bonds is 3. The summed E-state index contributed by atoms with van der Waals surface area (Å²) in [6.45, 7) is 0. The van der Waals surface area contributed by atoms with Crippen LogP contribution in [0.25, 0.3) is 10.2 Å². The van der Waals surface area contributed by atoms with Gasteiger partial charge in [0.15, 0.2) is 10.2 Å². The molecular formula is C20H22ClN3OS2. The van der Waals surface area contributed by atoms with Crippen molar-refractivity contribution in [1.82, 2.24) is 10.3 Å².